The van der Waals surface area contributed by atoms with Crippen molar-refractivity contribution in [3.63, 3.8) is 0 Å². The zero-order valence-corrected chi connectivity index (χ0v) is 21.9. The molecule has 3 aromatic rings. The van der Waals surface area contributed by atoms with Crippen molar-refractivity contribution in [1.82, 2.24) is 9.47 Å². The van der Waals surface area contributed by atoms with Gasteiger partial charge in [-0.3, -0.25) is 14.5 Å². The van der Waals surface area contributed by atoms with E-state index in [4.69, 9.17) is 4.74 Å². The van der Waals surface area contributed by atoms with Crippen molar-refractivity contribution in [3.05, 3.63) is 63.7 Å². The number of aromatic nitrogens is 1. The highest BCUT2D eigenvalue weighted by Crippen LogP contribution is 2.38. The van der Waals surface area contributed by atoms with Gasteiger partial charge >= 0.3 is 11.9 Å². The van der Waals surface area contributed by atoms with Gasteiger partial charge in [-0.15, -0.1) is 0 Å². The van der Waals surface area contributed by atoms with Crippen LogP contribution < -0.4 is 15.6 Å². The molecule has 0 unspecified atom stereocenters. The molecular formula is C28H29FN4O7. The molecule has 1 amide bonds. The van der Waals surface area contributed by atoms with Crippen molar-refractivity contribution in [2.75, 3.05) is 49.5 Å². The molecule has 2 fully saturated rings. The Labute approximate surface area is 228 Å². The SMILES string of the molecule is CCOC(=O)c1ccc(NC(=O)CN2CCN(c3cc4c(cc3F)c(=O)c(C(=O)O)cn4C3CC3)CC2)cc1O. The summed E-state index contributed by atoms with van der Waals surface area (Å²) in [5, 5.41) is 22.3. The van der Waals surface area contributed by atoms with Crippen LogP contribution in [0.1, 0.15) is 46.5 Å². The van der Waals surface area contributed by atoms with E-state index in [1.165, 1.54) is 24.4 Å². The molecule has 2 aliphatic rings. The third-order valence-electron chi connectivity index (χ3n) is 7.13. The smallest absolute Gasteiger partial charge is 0.341 e. The van der Waals surface area contributed by atoms with Gasteiger partial charge in [0.05, 0.1) is 24.4 Å². The Morgan fingerprint density at radius 1 is 1.07 bits per heavy atom. The number of nitrogens with one attached hydrogen (secondary N) is 1. The lowest BCUT2D eigenvalue weighted by molar-refractivity contribution is -0.117. The van der Waals surface area contributed by atoms with Crippen LogP contribution in [-0.4, -0.2) is 76.9 Å². The molecule has 2 aromatic carbocycles. The summed E-state index contributed by atoms with van der Waals surface area (Å²) in [6.45, 7) is 3.74. The number of ether oxygens (including phenoxy) is 1. The summed E-state index contributed by atoms with van der Waals surface area (Å²) in [4.78, 5) is 52.5. The maximum Gasteiger partial charge on any atom is 0.341 e. The van der Waals surface area contributed by atoms with Crippen molar-refractivity contribution in [2.24, 2.45) is 0 Å². The second-order valence-electron chi connectivity index (χ2n) is 9.90. The molecule has 1 aromatic heterocycles. The molecule has 0 atom stereocenters. The predicted octanol–water partition coefficient (Wildman–Crippen LogP) is 2.82. The lowest BCUT2D eigenvalue weighted by Gasteiger charge is -2.36. The van der Waals surface area contributed by atoms with E-state index in [9.17, 15) is 29.4 Å². The Kier molecular flexibility index (Phi) is 7.44. The van der Waals surface area contributed by atoms with Crippen LogP contribution in [0.3, 0.4) is 0 Å². The minimum atomic E-state index is -1.34. The number of carbonyl (C=O) groups is 3. The summed E-state index contributed by atoms with van der Waals surface area (Å²) in [6.07, 6.45) is 3.08. The number of hydrogen-bond acceptors (Lipinski definition) is 8. The van der Waals surface area contributed by atoms with E-state index in [2.05, 4.69) is 5.32 Å². The van der Waals surface area contributed by atoms with E-state index in [0.29, 0.717) is 43.1 Å². The molecule has 5 rings (SSSR count). The van der Waals surface area contributed by atoms with Crippen molar-refractivity contribution in [1.29, 1.82) is 0 Å². The number of fused-ring (bicyclic) bond motifs is 1. The largest absolute Gasteiger partial charge is 0.507 e. The first-order valence-electron chi connectivity index (χ1n) is 13.0. The number of piperazine rings is 1. The zero-order chi connectivity index (χ0) is 28.6. The molecule has 0 bridgehead atoms. The minimum absolute atomic E-state index is 0.00773. The maximum atomic E-state index is 15.2. The topological polar surface area (TPSA) is 141 Å². The van der Waals surface area contributed by atoms with Crippen LogP contribution in [0.15, 0.2) is 41.3 Å². The van der Waals surface area contributed by atoms with Gasteiger partial charge in [-0.05, 0) is 44.0 Å². The number of pyridine rings is 1. The number of nitrogens with zero attached hydrogens (tertiary/aromatic N) is 3. The monoisotopic (exact) mass is 552 g/mol. The summed E-state index contributed by atoms with van der Waals surface area (Å²) >= 11 is 0. The van der Waals surface area contributed by atoms with E-state index < -0.39 is 23.2 Å². The first-order chi connectivity index (χ1) is 19.2. The molecule has 1 aliphatic carbocycles. The molecule has 210 valence electrons. The van der Waals surface area contributed by atoms with Crippen LogP contribution in [-0.2, 0) is 9.53 Å². The zero-order valence-electron chi connectivity index (χ0n) is 21.9. The number of rotatable bonds is 8. The summed E-state index contributed by atoms with van der Waals surface area (Å²) in [7, 11) is 0. The molecule has 40 heavy (non-hydrogen) atoms. The van der Waals surface area contributed by atoms with Crippen LogP contribution >= 0.6 is 0 Å². The van der Waals surface area contributed by atoms with Crippen molar-refractivity contribution < 1.29 is 33.7 Å². The third kappa shape index (κ3) is 5.48. The van der Waals surface area contributed by atoms with Gasteiger partial charge < -0.3 is 29.7 Å². The summed E-state index contributed by atoms with van der Waals surface area (Å²) < 4.78 is 21.8. The molecule has 12 heteroatoms. The number of carbonyl (C=O) groups excluding carboxylic acids is 2. The fraction of sp³-hybridized carbons (Fsp3) is 0.357. The number of esters is 1. The normalized spacial score (nSPS) is 15.7. The van der Waals surface area contributed by atoms with Gasteiger partial charge in [0.2, 0.25) is 11.3 Å². The molecule has 11 nitrogen and oxygen atoms in total. The van der Waals surface area contributed by atoms with Gasteiger partial charge in [0, 0.05) is 55.6 Å². The fourth-order valence-corrected chi connectivity index (χ4v) is 4.95. The van der Waals surface area contributed by atoms with Gasteiger partial charge in [0.1, 0.15) is 22.7 Å². The third-order valence-corrected chi connectivity index (χ3v) is 7.13. The molecule has 0 radical (unpaired) electrons. The Morgan fingerprint density at radius 3 is 2.42 bits per heavy atom. The Bertz CT molecular complexity index is 1560. The van der Waals surface area contributed by atoms with E-state index in [-0.39, 0.29) is 47.4 Å². The van der Waals surface area contributed by atoms with Gasteiger partial charge in [-0.1, -0.05) is 0 Å². The second kappa shape index (κ2) is 11.0. The number of anilines is 2. The molecule has 1 aliphatic heterocycles. The molecule has 0 spiro atoms. The molecular weight excluding hydrogens is 523 g/mol. The number of hydrogen-bond donors (Lipinski definition) is 3. The number of aromatic hydroxyl groups is 1. The molecule has 1 saturated heterocycles. The van der Waals surface area contributed by atoms with Crippen molar-refractivity contribution >= 4 is 40.1 Å². The van der Waals surface area contributed by atoms with Gasteiger partial charge in [0.15, 0.2) is 0 Å². The lowest BCUT2D eigenvalue weighted by atomic mass is 10.1. The number of phenols is 1. The molecule has 1 saturated carbocycles. The number of carboxylic acid groups (broad SMARTS) is 1. The highest BCUT2D eigenvalue weighted by molar-refractivity contribution is 5.96. The number of carboxylic acids is 1. The predicted molar refractivity (Wildman–Crippen MR) is 145 cm³/mol. The Hall–Kier alpha value is -4.45. The van der Waals surface area contributed by atoms with Crippen LogP contribution in [0.5, 0.6) is 5.75 Å². The van der Waals surface area contributed by atoms with E-state index >= 15 is 4.39 Å². The first kappa shape index (κ1) is 27.1. The lowest BCUT2D eigenvalue weighted by Crippen LogP contribution is -2.49. The van der Waals surface area contributed by atoms with E-state index in [1.54, 1.807) is 17.6 Å². The van der Waals surface area contributed by atoms with Crippen molar-refractivity contribution in [3.8, 4) is 5.75 Å². The standard InChI is InChI=1S/C28H29FN4O7/c1-2-40-28(39)18-6-3-16(11-24(18)34)30-25(35)15-31-7-9-32(10-8-31)23-13-22-19(12-21(23)29)26(36)20(27(37)38)14-33(22)17-4-5-17/h3,6,11-14,17,34H,2,4-5,7-10,15H2,1H3,(H,30,35)(H,37,38). The highest BCUT2D eigenvalue weighted by atomic mass is 19.1. The van der Waals surface area contributed by atoms with Crippen LogP contribution in [0.4, 0.5) is 15.8 Å². The number of amides is 1. The molecule has 3 N–H and O–H groups in total. The summed E-state index contributed by atoms with van der Waals surface area (Å²) in [5.74, 6) is -3.20. The first-order valence-corrected chi connectivity index (χ1v) is 13.0. The number of halogens is 1. The van der Waals surface area contributed by atoms with Gasteiger partial charge in [-0.2, -0.15) is 0 Å². The highest BCUT2D eigenvalue weighted by Gasteiger charge is 2.29. The fourth-order valence-electron chi connectivity index (χ4n) is 4.95. The quantitative estimate of drug-likeness (QED) is 0.360. The maximum absolute atomic E-state index is 15.2. The van der Waals surface area contributed by atoms with Crippen LogP contribution in [0.25, 0.3) is 10.9 Å². The number of phenolic OH excluding ortho intramolecular Hbond substituents is 1. The number of aromatic carboxylic acids is 1. The van der Waals surface area contributed by atoms with E-state index in [0.717, 1.165) is 18.9 Å². The minimum Gasteiger partial charge on any atom is -0.507 e. The number of benzene rings is 2. The van der Waals surface area contributed by atoms with Gasteiger partial charge in [-0.25, -0.2) is 14.0 Å². The average molecular weight is 553 g/mol. The van der Waals surface area contributed by atoms with E-state index in [1.807, 2.05) is 9.80 Å². The molecule has 2 heterocycles. The van der Waals surface area contributed by atoms with Crippen LogP contribution in [0.2, 0.25) is 0 Å². The summed E-state index contributed by atoms with van der Waals surface area (Å²) in [6, 6.07) is 6.99. The second-order valence-corrected chi connectivity index (χ2v) is 9.90. The van der Waals surface area contributed by atoms with Crippen molar-refractivity contribution in [2.45, 2.75) is 25.8 Å². The van der Waals surface area contributed by atoms with Gasteiger partial charge in [0.25, 0.3) is 0 Å². The summed E-state index contributed by atoms with van der Waals surface area (Å²) in [5.41, 5.74) is 0.0974. The Morgan fingerprint density at radius 2 is 1.80 bits per heavy atom. The van der Waals surface area contributed by atoms with Crippen LogP contribution in [0, 0.1) is 5.82 Å². The average Bonchev–Trinajstić information content (AvgIpc) is 3.75. The Balaban J connectivity index is 1.25.